The van der Waals surface area contributed by atoms with Gasteiger partial charge in [-0.25, -0.2) is 4.57 Å². The summed E-state index contributed by atoms with van der Waals surface area (Å²) < 4.78 is 33.6. The molecule has 0 saturated carbocycles. The van der Waals surface area contributed by atoms with Crippen molar-refractivity contribution < 1.29 is 42.7 Å². The predicted octanol–water partition coefficient (Wildman–Crippen LogP) is 16.2. The molecule has 10 nitrogen and oxygen atoms in total. The number of carboxylic acids is 1. The van der Waals surface area contributed by atoms with E-state index in [0.717, 1.165) is 51.4 Å². The fourth-order valence-corrected chi connectivity index (χ4v) is 8.77. The molecule has 0 heterocycles. The average molecular weight is 942 g/mol. The summed E-state index contributed by atoms with van der Waals surface area (Å²) in [6, 6.07) is -1.47. The van der Waals surface area contributed by atoms with E-state index < -0.39 is 45.1 Å². The summed E-state index contributed by atoms with van der Waals surface area (Å²) in [5, 5.41) is 8.94. The zero-order valence-corrected chi connectivity index (χ0v) is 43.2. The Labute approximate surface area is 400 Å². The average Bonchev–Trinajstić information content (AvgIpc) is 3.29. The smallest absolute Gasteiger partial charge is 0.472 e. The van der Waals surface area contributed by atoms with Crippen LogP contribution in [0.2, 0.25) is 0 Å². The summed E-state index contributed by atoms with van der Waals surface area (Å²) in [5.74, 6) is -1.77. The number of carbonyl (C=O) groups excluding carboxylic acids is 1. The lowest BCUT2D eigenvalue weighted by Crippen LogP contribution is -2.34. The molecule has 0 spiro atoms. The molecule has 0 aromatic heterocycles. The summed E-state index contributed by atoms with van der Waals surface area (Å²) in [4.78, 5) is 33.7. The van der Waals surface area contributed by atoms with Crippen molar-refractivity contribution in [3.05, 3.63) is 24.3 Å². The number of nitrogens with two attached hydrogens (primary N) is 1. The highest BCUT2D eigenvalue weighted by atomic mass is 31.2. The number of hydrogen-bond donors (Lipinski definition) is 3. The van der Waals surface area contributed by atoms with Gasteiger partial charge in [0.25, 0.3) is 0 Å². The third-order valence-electron chi connectivity index (χ3n) is 12.2. The van der Waals surface area contributed by atoms with E-state index in [1.165, 1.54) is 193 Å². The SMILES string of the molecule is CCCCCCC/C=C\C/C=C\CCCCCCCCCCCC(=O)OC(COCCCCCCCCCCCCCCCCCCCCCCCC)COP(=O)(O)OCC(N)C(=O)O. The van der Waals surface area contributed by atoms with Crippen LogP contribution in [0.15, 0.2) is 24.3 Å². The van der Waals surface area contributed by atoms with Gasteiger partial charge in [-0.15, -0.1) is 0 Å². The van der Waals surface area contributed by atoms with Crippen LogP contribution < -0.4 is 5.73 Å². The van der Waals surface area contributed by atoms with E-state index in [-0.39, 0.29) is 13.0 Å². The zero-order chi connectivity index (χ0) is 47.6. The molecule has 3 atom stereocenters. The number of carboxylic acid groups (broad SMARTS) is 1. The van der Waals surface area contributed by atoms with Crippen molar-refractivity contribution in [1.82, 2.24) is 0 Å². The molecular formula is C54H104NO9P. The zero-order valence-electron chi connectivity index (χ0n) is 42.4. The van der Waals surface area contributed by atoms with Crippen LogP contribution in [-0.2, 0) is 32.7 Å². The van der Waals surface area contributed by atoms with Crippen LogP contribution in [0.3, 0.4) is 0 Å². The maximum Gasteiger partial charge on any atom is 0.472 e. The molecule has 0 bridgehead atoms. The van der Waals surface area contributed by atoms with E-state index in [4.69, 9.17) is 29.4 Å². The molecule has 0 rings (SSSR count). The summed E-state index contributed by atoms with van der Waals surface area (Å²) in [6.07, 6.45) is 58.1. The Morgan fingerprint density at radius 2 is 0.846 bits per heavy atom. The van der Waals surface area contributed by atoms with Crippen molar-refractivity contribution in [3.63, 3.8) is 0 Å². The van der Waals surface area contributed by atoms with Gasteiger partial charge in [-0.2, -0.15) is 0 Å². The molecule has 0 saturated heterocycles. The summed E-state index contributed by atoms with van der Waals surface area (Å²) in [6.45, 7) is 3.93. The van der Waals surface area contributed by atoms with Gasteiger partial charge in [0.15, 0.2) is 0 Å². The molecule has 0 aromatic rings. The second-order valence-electron chi connectivity index (χ2n) is 18.7. The number of hydrogen-bond acceptors (Lipinski definition) is 8. The number of carbonyl (C=O) groups is 2. The third-order valence-corrected chi connectivity index (χ3v) is 13.2. The Balaban J connectivity index is 4.08. The number of ether oxygens (including phenoxy) is 2. The molecule has 0 fully saturated rings. The summed E-state index contributed by atoms with van der Waals surface area (Å²) in [7, 11) is -4.62. The van der Waals surface area contributed by atoms with Crippen molar-refractivity contribution in [2.24, 2.45) is 5.73 Å². The lowest BCUT2D eigenvalue weighted by atomic mass is 10.0. The minimum Gasteiger partial charge on any atom is -0.480 e. The van der Waals surface area contributed by atoms with Crippen LogP contribution in [0.5, 0.6) is 0 Å². The normalized spacial score (nSPS) is 13.8. The molecule has 3 unspecified atom stereocenters. The maximum absolute atomic E-state index is 12.7. The molecule has 4 N–H and O–H groups in total. The molecule has 0 aliphatic heterocycles. The topological polar surface area (TPSA) is 155 Å². The van der Waals surface area contributed by atoms with Crippen LogP contribution in [0.1, 0.15) is 271 Å². The number of aliphatic carboxylic acids is 1. The maximum atomic E-state index is 12.7. The second kappa shape index (κ2) is 50.3. The quantitative estimate of drug-likeness (QED) is 0.0232. The molecule has 0 aromatic carbocycles. The molecule has 0 radical (unpaired) electrons. The van der Waals surface area contributed by atoms with Crippen LogP contribution >= 0.6 is 7.82 Å². The standard InChI is InChI=1S/C54H104NO9P/c1-3-5-7-9-11-13-15-17-19-21-23-25-27-29-31-33-35-37-39-41-43-45-47-61-48-51(49-62-65(59,60)63-50-52(55)54(57)58)64-53(56)46-44-42-40-38-36-34-32-30-28-26-24-22-20-18-16-14-12-10-8-6-4-2/h16,18,22,24,51-52H,3-15,17,19-21,23,25-50,55H2,1-2H3,(H,57,58)(H,59,60)/b18-16-,24-22-. The van der Waals surface area contributed by atoms with Crippen molar-refractivity contribution in [2.75, 3.05) is 26.4 Å². The van der Waals surface area contributed by atoms with Crippen LogP contribution in [-0.4, -0.2) is 60.5 Å². The van der Waals surface area contributed by atoms with Crippen LogP contribution in [0.4, 0.5) is 0 Å². The van der Waals surface area contributed by atoms with Gasteiger partial charge in [0, 0.05) is 13.0 Å². The van der Waals surface area contributed by atoms with Gasteiger partial charge < -0.3 is 25.2 Å². The van der Waals surface area contributed by atoms with Gasteiger partial charge in [0.05, 0.1) is 19.8 Å². The van der Waals surface area contributed by atoms with E-state index in [9.17, 15) is 19.0 Å². The van der Waals surface area contributed by atoms with Crippen LogP contribution in [0, 0.1) is 0 Å². The van der Waals surface area contributed by atoms with Gasteiger partial charge >= 0.3 is 19.8 Å². The Bertz CT molecular complexity index is 1140. The van der Waals surface area contributed by atoms with Crippen molar-refractivity contribution in [3.8, 4) is 0 Å². The first-order chi connectivity index (χ1) is 31.7. The number of phosphoric acid groups is 1. The number of allylic oxidation sites excluding steroid dienone is 4. The molecule has 0 aliphatic carbocycles. The van der Waals surface area contributed by atoms with Crippen molar-refractivity contribution >= 4 is 19.8 Å². The van der Waals surface area contributed by atoms with E-state index in [2.05, 4.69) is 38.2 Å². The molecule has 65 heavy (non-hydrogen) atoms. The predicted molar refractivity (Wildman–Crippen MR) is 272 cm³/mol. The second-order valence-corrected chi connectivity index (χ2v) is 20.2. The highest BCUT2D eigenvalue weighted by Crippen LogP contribution is 2.43. The minimum absolute atomic E-state index is 0.0204. The van der Waals surface area contributed by atoms with Crippen molar-refractivity contribution in [1.29, 1.82) is 0 Å². The molecule has 384 valence electrons. The largest absolute Gasteiger partial charge is 0.480 e. The fourth-order valence-electron chi connectivity index (χ4n) is 7.99. The Kier molecular flexibility index (Phi) is 49.1. The van der Waals surface area contributed by atoms with E-state index in [1.807, 2.05) is 0 Å². The van der Waals surface area contributed by atoms with Gasteiger partial charge in [-0.3, -0.25) is 18.6 Å². The minimum atomic E-state index is -4.62. The fraction of sp³-hybridized carbons (Fsp3) is 0.889. The highest BCUT2D eigenvalue weighted by molar-refractivity contribution is 7.47. The lowest BCUT2D eigenvalue weighted by Gasteiger charge is -2.20. The number of unbranched alkanes of at least 4 members (excludes halogenated alkanes) is 35. The molecular weight excluding hydrogens is 838 g/mol. The first-order valence-electron chi connectivity index (χ1n) is 27.4. The van der Waals surface area contributed by atoms with Crippen molar-refractivity contribution in [2.45, 2.75) is 283 Å². The van der Waals surface area contributed by atoms with Gasteiger partial charge in [-0.1, -0.05) is 244 Å². The van der Waals surface area contributed by atoms with Gasteiger partial charge in [0.1, 0.15) is 12.1 Å². The Morgan fingerprint density at radius 3 is 1.25 bits per heavy atom. The number of esters is 1. The monoisotopic (exact) mass is 942 g/mol. The van der Waals surface area contributed by atoms with E-state index in [1.54, 1.807) is 0 Å². The van der Waals surface area contributed by atoms with E-state index in [0.29, 0.717) is 13.0 Å². The lowest BCUT2D eigenvalue weighted by molar-refractivity contribution is -0.154. The molecule has 0 aliphatic rings. The molecule has 0 amide bonds. The Morgan fingerprint density at radius 1 is 0.492 bits per heavy atom. The highest BCUT2D eigenvalue weighted by Gasteiger charge is 2.27. The van der Waals surface area contributed by atoms with Gasteiger partial charge in [0.2, 0.25) is 0 Å². The van der Waals surface area contributed by atoms with E-state index >= 15 is 0 Å². The first-order valence-corrected chi connectivity index (χ1v) is 28.9. The third kappa shape index (κ3) is 50.2. The van der Waals surface area contributed by atoms with Crippen LogP contribution in [0.25, 0.3) is 0 Å². The summed E-state index contributed by atoms with van der Waals surface area (Å²) in [5.41, 5.74) is 5.38. The number of rotatable bonds is 53. The van der Waals surface area contributed by atoms with Gasteiger partial charge in [-0.05, 0) is 44.9 Å². The Hall–Kier alpha value is -1.55. The molecule has 11 heteroatoms. The first kappa shape index (κ1) is 63.5. The summed E-state index contributed by atoms with van der Waals surface area (Å²) >= 11 is 0. The number of phosphoric ester groups is 1.